The molecule has 0 bridgehead atoms. The third-order valence-electron chi connectivity index (χ3n) is 8.75. The van der Waals surface area contributed by atoms with Crippen molar-refractivity contribution in [2.75, 3.05) is 24.5 Å². The summed E-state index contributed by atoms with van der Waals surface area (Å²) in [6.45, 7) is 4.09. The molecular weight excluding hydrogens is 538 g/mol. The Hall–Kier alpha value is -3.50. The number of hydrogen-bond donors (Lipinski definition) is 3. The summed E-state index contributed by atoms with van der Waals surface area (Å²) in [4.78, 5) is 44.2. The maximum atomic E-state index is 13.7. The number of hydrogen-bond acceptors (Lipinski definition) is 6. The standard InChI is InChI=1S/C31H35N5O4S/c1-18-16-22(40-21-7-3-2-4-8-21)11-12-23(18)36-24-13-14-32-29-25(24)26(34-31(36)39)27(41-29)28(37)33-20-6-5-15-35(17-20)30(38)19-9-10-19/h2-4,7-8,11-12,16,19-20,24-25,29,32H,5-6,9-10,13-15,17H2,1H3,(H,33,37)(H,34,39). The van der Waals surface area contributed by atoms with E-state index in [0.717, 1.165) is 67.9 Å². The molecule has 0 aromatic heterocycles. The van der Waals surface area contributed by atoms with Crippen molar-refractivity contribution in [3.05, 3.63) is 64.7 Å². The van der Waals surface area contributed by atoms with Crippen molar-refractivity contribution >= 4 is 35.3 Å². The van der Waals surface area contributed by atoms with E-state index in [0.29, 0.717) is 17.2 Å². The zero-order valence-corrected chi connectivity index (χ0v) is 23.9. The minimum atomic E-state index is -0.214. The van der Waals surface area contributed by atoms with E-state index in [1.54, 1.807) is 0 Å². The number of carbonyl (C=O) groups is 3. The van der Waals surface area contributed by atoms with Gasteiger partial charge in [-0.1, -0.05) is 30.0 Å². The highest BCUT2D eigenvalue weighted by atomic mass is 32.2. The SMILES string of the molecule is Cc1cc(Oc2ccccc2)ccc1N1C(=O)NC2=C(C(=O)NC3CCCN(C(=O)C4CC4)C3)SC3NCCC1C23. The molecule has 4 heterocycles. The molecule has 4 aliphatic heterocycles. The van der Waals surface area contributed by atoms with Crippen molar-refractivity contribution in [2.45, 2.75) is 56.5 Å². The number of carbonyl (C=O) groups excluding carboxylic acids is 3. The molecule has 4 amide bonds. The Morgan fingerprint density at radius 1 is 1.05 bits per heavy atom. The summed E-state index contributed by atoms with van der Waals surface area (Å²) in [7, 11) is 0. The van der Waals surface area contributed by atoms with Crippen molar-refractivity contribution in [1.29, 1.82) is 0 Å². The summed E-state index contributed by atoms with van der Waals surface area (Å²) < 4.78 is 6.01. The smallest absolute Gasteiger partial charge is 0.326 e. The molecule has 2 aromatic rings. The molecule has 1 saturated carbocycles. The van der Waals surface area contributed by atoms with Crippen molar-refractivity contribution in [2.24, 2.45) is 11.8 Å². The van der Waals surface area contributed by atoms with E-state index in [1.165, 1.54) is 11.8 Å². The van der Waals surface area contributed by atoms with Gasteiger partial charge in [0.25, 0.3) is 5.91 Å². The maximum absolute atomic E-state index is 13.7. The Morgan fingerprint density at radius 2 is 1.88 bits per heavy atom. The summed E-state index contributed by atoms with van der Waals surface area (Å²) in [5, 5.41) is 9.87. The number of likely N-dealkylation sites (tertiary alicyclic amines) is 1. The van der Waals surface area contributed by atoms with Crippen molar-refractivity contribution in [1.82, 2.24) is 20.9 Å². The molecule has 1 aliphatic carbocycles. The Labute approximate surface area is 244 Å². The van der Waals surface area contributed by atoms with E-state index >= 15 is 0 Å². The number of rotatable bonds is 6. The highest BCUT2D eigenvalue weighted by molar-refractivity contribution is 8.04. The summed E-state index contributed by atoms with van der Waals surface area (Å²) >= 11 is 1.51. The number of benzene rings is 2. The summed E-state index contributed by atoms with van der Waals surface area (Å²) in [6.07, 6.45) is 4.49. The lowest BCUT2D eigenvalue weighted by Gasteiger charge is -2.46. The van der Waals surface area contributed by atoms with Gasteiger partial charge < -0.3 is 25.6 Å². The van der Waals surface area contributed by atoms with E-state index < -0.39 is 0 Å². The molecule has 7 rings (SSSR count). The van der Waals surface area contributed by atoms with Crippen LogP contribution in [0, 0.1) is 18.8 Å². The van der Waals surface area contributed by atoms with Gasteiger partial charge in [0.15, 0.2) is 0 Å². The van der Waals surface area contributed by atoms with E-state index in [1.807, 2.05) is 65.3 Å². The highest BCUT2D eigenvalue weighted by Gasteiger charge is 2.52. The predicted molar refractivity (Wildman–Crippen MR) is 157 cm³/mol. The van der Waals surface area contributed by atoms with E-state index in [-0.39, 0.29) is 47.1 Å². The number of nitrogens with zero attached hydrogens (tertiary/aromatic N) is 2. The van der Waals surface area contributed by atoms with Crippen LogP contribution in [0.25, 0.3) is 0 Å². The normalized spacial score (nSPS) is 27.3. The minimum Gasteiger partial charge on any atom is -0.457 e. The minimum absolute atomic E-state index is 0.00731. The number of nitrogens with one attached hydrogen (secondary N) is 3. The van der Waals surface area contributed by atoms with Crippen LogP contribution >= 0.6 is 11.8 Å². The van der Waals surface area contributed by atoms with Gasteiger partial charge in [-0.25, -0.2) is 4.79 Å². The molecule has 3 saturated heterocycles. The lowest BCUT2D eigenvalue weighted by Crippen LogP contribution is -2.62. The fourth-order valence-corrected chi connectivity index (χ4v) is 8.02. The molecule has 3 N–H and O–H groups in total. The number of para-hydroxylation sites is 1. The zero-order valence-electron chi connectivity index (χ0n) is 23.1. The van der Waals surface area contributed by atoms with Crippen LogP contribution in [0.2, 0.25) is 0 Å². The number of amides is 4. The Kier molecular flexibility index (Phi) is 6.90. The number of urea groups is 1. The topological polar surface area (TPSA) is 103 Å². The molecule has 10 heteroatoms. The molecule has 0 spiro atoms. The molecule has 9 nitrogen and oxygen atoms in total. The second-order valence-electron chi connectivity index (χ2n) is 11.7. The second kappa shape index (κ2) is 10.7. The average Bonchev–Trinajstić information content (AvgIpc) is 3.76. The van der Waals surface area contributed by atoms with Crippen LogP contribution in [0.3, 0.4) is 0 Å². The van der Waals surface area contributed by atoms with Crippen LogP contribution in [-0.2, 0) is 9.59 Å². The number of thioether (sulfide) groups is 1. The van der Waals surface area contributed by atoms with E-state index in [2.05, 4.69) is 16.0 Å². The largest absolute Gasteiger partial charge is 0.457 e. The van der Waals surface area contributed by atoms with Crippen LogP contribution in [0.4, 0.5) is 10.5 Å². The van der Waals surface area contributed by atoms with Crippen LogP contribution in [-0.4, -0.2) is 59.8 Å². The first-order valence-corrected chi connectivity index (χ1v) is 15.5. The van der Waals surface area contributed by atoms with Crippen molar-refractivity contribution in [3.63, 3.8) is 0 Å². The van der Waals surface area contributed by atoms with E-state index in [9.17, 15) is 14.4 Å². The molecule has 4 atom stereocenters. The molecular formula is C31H35N5O4S. The Balaban J connectivity index is 1.09. The molecule has 214 valence electrons. The first-order valence-electron chi connectivity index (χ1n) is 14.6. The van der Waals surface area contributed by atoms with E-state index in [4.69, 9.17) is 4.74 Å². The quantitative estimate of drug-likeness (QED) is 0.481. The van der Waals surface area contributed by atoms with Gasteiger partial charge in [0.05, 0.1) is 16.3 Å². The number of aryl methyl sites for hydroxylation is 1. The van der Waals surface area contributed by atoms with Gasteiger partial charge >= 0.3 is 6.03 Å². The molecule has 4 fully saturated rings. The van der Waals surface area contributed by atoms with Crippen LogP contribution in [0.5, 0.6) is 11.5 Å². The molecule has 4 unspecified atom stereocenters. The average molecular weight is 574 g/mol. The fraction of sp³-hybridized carbons (Fsp3) is 0.452. The summed E-state index contributed by atoms with van der Waals surface area (Å²) in [5.74, 6) is 1.71. The lowest BCUT2D eigenvalue weighted by atomic mass is 9.86. The number of anilines is 1. The van der Waals surface area contributed by atoms with Crippen LogP contribution in [0.1, 0.15) is 37.7 Å². The van der Waals surface area contributed by atoms with Crippen LogP contribution < -0.4 is 25.6 Å². The Bertz CT molecular complexity index is 1410. The number of piperidine rings is 2. The van der Waals surface area contributed by atoms with Gasteiger partial charge in [-0.3, -0.25) is 14.5 Å². The van der Waals surface area contributed by atoms with Gasteiger partial charge in [-0.05, 0) is 81.5 Å². The van der Waals surface area contributed by atoms with Crippen molar-refractivity contribution < 1.29 is 19.1 Å². The third-order valence-corrected chi connectivity index (χ3v) is 10.1. The molecule has 0 radical (unpaired) electrons. The maximum Gasteiger partial charge on any atom is 0.326 e. The van der Waals surface area contributed by atoms with Crippen molar-refractivity contribution in [3.8, 4) is 11.5 Å². The summed E-state index contributed by atoms with van der Waals surface area (Å²) in [6, 6.07) is 15.1. The lowest BCUT2D eigenvalue weighted by molar-refractivity contribution is -0.134. The van der Waals surface area contributed by atoms with Gasteiger partial charge in [-0.2, -0.15) is 0 Å². The van der Waals surface area contributed by atoms with Crippen LogP contribution in [0.15, 0.2) is 59.1 Å². The summed E-state index contributed by atoms with van der Waals surface area (Å²) in [5.41, 5.74) is 2.51. The van der Waals surface area contributed by atoms with Gasteiger partial charge in [0, 0.05) is 42.4 Å². The van der Waals surface area contributed by atoms with Gasteiger partial charge in [-0.15, -0.1) is 0 Å². The van der Waals surface area contributed by atoms with Gasteiger partial charge in [0.1, 0.15) is 11.5 Å². The van der Waals surface area contributed by atoms with Gasteiger partial charge in [0.2, 0.25) is 5.91 Å². The molecule has 41 heavy (non-hydrogen) atoms. The zero-order chi connectivity index (χ0) is 28.1. The molecule has 2 aromatic carbocycles. The molecule has 5 aliphatic rings. The highest BCUT2D eigenvalue weighted by Crippen LogP contribution is 2.48. The number of ether oxygens (including phenoxy) is 1. The monoisotopic (exact) mass is 573 g/mol. The Morgan fingerprint density at radius 3 is 2.66 bits per heavy atom. The third kappa shape index (κ3) is 5.08. The predicted octanol–water partition coefficient (Wildman–Crippen LogP) is 4.10. The first-order chi connectivity index (χ1) is 20.0. The first kappa shape index (κ1) is 26.4. The second-order valence-corrected chi connectivity index (χ2v) is 12.8. The fourth-order valence-electron chi connectivity index (χ4n) is 6.62.